The monoisotopic (exact) mass is 366 g/mol. The third-order valence-electron chi connectivity index (χ3n) is 4.63. The molecule has 132 valence electrons. The molecule has 25 heavy (non-hydrogen) atoms. The van der Waals surface area contributed by atoms with Crippen molar-refractivity contribution in [2.45, 2.75) is 25.1 Å². The number of benzene rings is 2. The first-order valence-electron chi connectivity index (χ1n) is 7.81. The number of allylic oxidation sites excluding steroid dienone is 1. The van der Waals surface area contributed by atoms with Crippen LogP contribution in [0.3, 0.4) is 0 Å². The van der Waals surface area contributed by atoms with Gasteiger partial charge in [-0.3, -0.25) is 0 Å². The summed E-state index contributed by atoms with van der Waals surface area (Å²) in [6.07, 6.45) is 0.754. The van der Waals surface area contributed by atoms with Crippen LogP contribution < -0.4 is 11.1 Å². The molecule has 1 fully saturated rings. The highest BCUT2D eigenvalue weighted by Crippen LogP contribution is 2.53. The van der Waals surface area contributed by atoms with Crippen LogP contribution in [0, 0.1) is 30.3 Å². The highest BCUT2D eigenvalue weighted by atomic mass is 35.5. The Morgan fingerprint density at radius 1 is 1.24 bits per heavy atom. The smallest absolute Gasteiger partial charge is 0.157 e. The first kappa shape index (κ1) is 17.7. The summed E-state index contributed by atoms with van der Waals surface area (Å²) in [4.78, 5) is -0.369. The number of nitrogens with two attached hydrogens (primary N) is 1. The molecule has 0 aromatic heterocycles. The van der Waals surface area contributed by atoms with Crippen molar-refractivity contribution < 1.29 is 13.2 Å². The number of rotatable bonds is 4. The van der Waals surface area contributed by atoms with Crippen molar-refractivity contribution in [3.05, 3.63) is 59.6 Å². The summed E-state index contributed by atoms with van der Waals surface area (Å²) >= 11 is 6.22. The molecule has 3 N–H and O–H groups in total. The number of nitrogen functional groups attached to an aromatic ring is 1. The van der Waals surface area contributed by atoms with E-state index in [1.165, 1.54) is 6.07 Å². The van der Waals surface area contributed by atoms with Gasteiger partial charge in [0.25, 0.3) is 0 Å². The maximum Gasteiger partial charge on any atom is 0.157 e. The maximum atomic E-state index is 15.0. The molecule has 3 rings (SSSR count). The van der Waals surface area contributed by atoms with E-state index in [0.717, 1.165) is 12.5 Å². The minimum Gasteiger partial charge on any atom is -0.394 e. The Morgan fingerprint density at radius 3 is 2.48 bits per heavy atom. The van der Waals surface area contributed by atoms with Gasteiger partial charge in [0, 0.05) is 22.7 Å². The van der Waals surface area contributed by atoms with Gasteiger partial charge >= 0.3 is 0 Å². The quantitative estimate of drug-likeness (QED) is 0.545. The molecular weight excluding hydrogens is 349 g/mol. The standard InChI is InChI=1S/C19H18ClF3N2/c1-9-4-7-14(25-10(2)12-8-19(12,3)20)17(23)15(9)11-5-6-13(21)18(24)16(11)22/h4-7,12,25H,2,8,24H2,1,3H3. The zero-order chi connectivity index (χ0) is 18.5. The lowest BCUT2D eigenvalue weighted by atomic mass is 9.97. The number of alkyl halides is 1. The second kappa shape index (κ2) is 5.99. The third kappa shape index (κ3) is 3.09. The summed E-state index contributed by atoms with van der Waals surface area (Å²) in [5.74, 6) is -2.47. The first-order valence-corrected chi connectivity index (χ1v) is 8.19. The number of aryl methyl sites for hydroxylation is 1. The Hall–Kier alpha value is -2.14. The van der Waals surface area contributed by atoms with E-state index in [1.54, 1.807) is 19.1 Å². The van der Waals surface area contributed by atoms with Crippen molar-refractivity contribution >= 4 is 23.0 Å². The van der Waals surface area contributed by atoms with Gasteiger partial charge in [-0.15, -0.1) is 11.6 Å². The van der Waals surface area contributed by atoms with E-state index in [9.17, 15) is 8.78 Å². The third-order valence-corrected chi connectivity index (χ3v) is 5.05. The number of hydrogen-bond acceptors (Lipinski definition) is 2. The molecule has 0 heterocycles. The number of anilines is 2. The zero-order valence-electron chi connectivity index (χ0n) is 13.9. The average molecular weight is 367 g/mol. The topological polar surface area (TPSA) is 38.0 Å². The fourth-order valence-corrected chi connectivity index (χ4v) is 3.24. The zero-order valence-corrected chi connectivity index (χ0v) is 14.6. The molecule has 0 amide bonds. The van der Waals surface area contributed by atoms with Crippen molar-refractivity contribution in [2.75, 3.05) is 11.1 Å². The van der Waals surface area contributed by atoms with Gasteiger partial charge < -0.3 is 11.1 Å². The van der Waals surface area contributed by atoms with Gasteiger partial charge in [0.2, 0.25) is 0 Å². The van der Waals surface area contributed by atoms with Crippen LogP contribution in [0.25, 0.3) is 11.1 Å². The van der Waals surface area contributed by atoms with Gasteiger partial charge in [0.1, 0.15) is 11.5 Å². The Morgan fingerprint density at radius 2 is 1.88 bits per heavy atom. The Balaban J connectivity index is 2.02. The highest BCUT2D eigenvalue weighted by Gasteiger charge is 2.50. The molecule has 6 heteroatoms. The van der Waals surface area contributed by atoms with Crippen LogP contribution in [-0.4, -0.2) is 4.87 Å². The second-order valence-corrected chi connectivity index (χ2v) is 7.49. The predicted molar refractivity (Wildman–Crippen MR) is 96.0 cm³/mol. The molecule has 2 aromatic rings. The normalized spacial score (nSPS) is 21.9. The Labute approximate surface area is 149 Å². The summed E-state index contributed by atoms with van der Waals surface area (Å²) in [6.45, 7) is 7.45. The molecule has 1 aliphatic carbocycles. The van der Waals surface area contributed by atoms with E-state index < -0.39 is 23.1 Å². The maximum absolute atomic E-state index is 15.0. The molecular formula is C19H18ClF3N2. The molecule has 2 atom stereocenters. The molecule has 0 bridgehead atoms. The summed E-state index contributed by atoms with van der Waals surface area (Å²) in [5, 5.41) is 2.93. The lowest BCUT2D eigenvalue weighted by Crippen LogP contribution is -2.08. The molecule has 1 aliphatic rings. The molecule has 1 saturated carbocycles. The van der Waals surface area contributed by atoms with Crippen molar-refractivity contribution in [3.63, 3.8) is 0 Å². The summed E-state index contributed by atoms with van der Waals surface area (Å²) in [6, 6.07) is 5.41. The highest BCUT2D eigenvalue weighted by molar-refractivity contribution is 6.26. The molecule has 2 aromatic carbocycles. The van der Waals surface area contributed by atoms with E-state index in [0.29, 0.717) is 11.3 Å². The summed E-state index contributed by atoms with van der Waals surface area (Å²) in [7, 11) is 0. The summed E-state index contributed by atoms with van der Waals surface area (Å²) < 4.78 is 42.8. The van der Waals surface area contributed by atoms with E-state index in [2.05, 4.69) is 11.9 Å². The van der Waals surface area contributed by atoms with Gasteiger partial charge in [0.05, 0.1) is 10.6 Å². The van der Waals surface area contributed by atoms with Crippen molar-refractivity contribution in [1.29, 1.82) is 0 Å². The minimum atomic E-state index is -0.978. The van der Waals surface area contributed by atoms with Crippen LogP contribution >= 0.6 is 11.6 Å². The Bertz CT molecular complexity index is 877. The van der Waals surface area contributed by atoms with Crippen molar-refractivity contribution in [2.24, 2.45) is 5.92 Å². The fourth-order valence-electron chi connectivity index (χ4n) is 2.95. The second-order valence-electron chi connectivity index (χ2n) is 6.63. The fraction of sp³-hybridized carbons (Fsp3) is 0.263. The number of nitrogens with one attached hydrogen (secondary N) is 1. The van der Waals surface area contributed by atoms with Crippen molar-refractivity contribution in [3.8, 4) is 11.1 Å². The predicted octanol–water partition coefficient (Wildman–Crippen LogP) is 5.60. The van der Waals surface area contributed by atoms with Crippen LogP contribution in [0.5, 0.6) is 0 Å². The molecule has 0 aliphatic heterocycles. The molecule has 0 spiro atoms. The SMILES string of the molecule is C=C(Nc1ccc(C)c(-c2ccc(F)c(N)c2F)c1F)C1CC1(C)Cl. The molecule has 2 unspecified atom stereocenters. The van der Waals surface area contributed by atoms with Gasteiger partial charge in [-0.25, -0.2) is 13.2 Å². The van der Waals surface area contributed by atoms with Gasteiger partial charge in [-0.05, 0) is 44.0 Å². The largest absolute Gasteiger partial charge is 0.394 e. The Kier molecular flexibility index (Phi) is 4.23. The average Bonchev–Trinajstić information content (AvgIpc) is 3.19. The first-order chi connectivity index (χ1) is 11.6. The van der Waals surface area contributed by atoms with Crippen LogP contribution in [-0.2, 0) is 0 Å². The minimum absolute atomic E-state index is 0.0337. The van der Waals surface area contributed by atoms with E-state index >= 15 is 4.39 Å². The van der Waals surface area contributed by atoms with E-state index in [4.69, 9.17) is 17.3 Å². The lowest BCUT2D eigenvalue weighted by Gasteiger charge is -2.16. The lowest BCUT2D eigenvalue weighted by molar-refractivity contribution is 0.590. The van der Waals surface area contributed by atoms with Gasteiger partial charge in [0.15, 0.2) is 11.6 Å². The van der Waals surface area contributed by atoms with Crippen LogP contribution in [0.4, 0.5) is 24.5 Å². The molecule has 0 radical (unpaired) electrons. The van der Waals surface area contributed by atoms with Crippen LogP contribution in [0.1, 0.15) is 18.9 Å². The van der Waals surface area contributed by atoms with E-state index in [-0.39, 0.29) is 27.6 Å². The van der Waals surface area contributed by atoms with Gasteiger partial charge in [-0.1, -0.05) is 12.6 Å². The van der Waals surface area contributed by atoms with Crippen LogP contribution in [0.15, 0.2) is 36.5 Å². The number of hydrogen-bond donors (Lipinski definition) is 2. The van der Waals surface area contributed by atoms with Gasteiger partial charge in [-0.2, -0.15) is 0 Å². The number of halogens is 4. The summed E-state index contributed by atoms with van der Waals surface area (Å²) in [5.41, 5.74) is 5.99. The molecule has 2 nitrogen and oxygen atoms in total. The van der Waals surface area contributed by atoms with Crippen molar-refractivity contribution in [1.82, 2.24) is 0 Å². The van der Waals surface area contributed by atoms with Crippen LogP contribution in [0.2, 0.25) is 0 Å². The van der Waals surface area contributed by atoms with E-state index in [1.807, 2.05) is 6.92 Å². The molecule has 0 saturated heterocycles.